The van der Waals surface area contributed by atoms with E-state index in [0.29, 0.717) is 41.1 Å². The Hall–Kier alpha value is -2.68. The van der Waals surface area contributed by atoms with Crippen LogP contribution in [0, 0.1) is 6.92 Å². The quantitative estimate of drug-likeness (QED) is 0.677. The van der Waals surface area contributed by atoms with E-state index in [1.165, 1.54) is 0 Å². The highest BCUT2D eigenvalue weighted by molar-refractivity contribution is 7.89. The van der Waals surface area contributed by atoms with E-state index >= 15 is 0 Å². The molecule has 1 amide bonds. The molecule has 2 aromatic heterocycles. The zero-order valence-corrected chi connectivity index (χ0v) is 17.2. The van der Waals surface area contributed by atoms with E-state index in [2.05, 4.69) is 15.5 Å². The molecule has 29 heavy (non-hydrogen) atoms. The molecule has 0 spiro atoms. The number of nitrogens with one attached hydrogen (secondary N) is 1. The van der Waals surface area contributed by atoms with Crippen LogP contribution in [0.1, 0.15) is 59.9 Å². The highest BCUT2D eigenvalue weighted by Gasteiger charge is 2.41. The van der Waals surface area contributed by atoms with Gasteiger partial charge in [0, 0.05) is 24.1 Å². The minimum Gasteiger partial charge on any atom is -0.451 e. The summed E-state index contributed by atoms with van der Waals surface area (Å²) in [4.78, 5) is 17.6. The van der Waals surface area contributed by atoms with Crippen molar-refractivity contribution in [2.45, 2.75) is 50.3 Å². The highest BCUT2D eigenvalue weighted by atomic mass is 32.2. The second-order valence-corrected chi connectivity index (χ2v) is 9.85. The van der Waals surface area contributed by atoms with Crippen molar-refractivity contribution in [2.24, 2.45) is 0 Å². The summed E-state index contributed by atoms with van der Waals surface area (Å²) in [5.74, 6) is 0.150. The van der Waals surface area contributed by atoms with Gasteiger partial charge in [-0.05, 0) is 18.9 Å². The summed E-state index contributed by atoms with van der Waals surface area (Å²) in [5.41, 5.74) is 0.0919. The second-order valence-electron chi connectivity index (χ2n) is 7.71. The van der Waals surface area contributed by atoms with E-state index in [-0.39, 0.29) is 11.5 Å². The van der Waals surface area contributed by atoms with Crippen LogP contribution in [0.15, 0.2) is 33.2 Å². The summed E-state index contributed by atoms with van der Waals surface area (Å²) in [6.07, 6.45) is 5.41. The molecule has 1 fully saturated rings. The molecular weight excluding hydrogens is 394 g/mol. The summed E-state index contributed by atoms with van der Waals surface area (Å²) >= 11 is 0. The fourth-order valence-electron chi connectivity index (χ4n) is 4.02. The third-order valence-corrected chi connectivity index (χ3v) is 6.14. The number of aryl methyl sites for hydroxylation is 1. The number of hydrogen-bond donors (Lipinski definition) is 1. The van der Waals surface area contributed by atoms with Crippen LogP contribution >= 0.6 is 0 Å². The Morgan fingerprint density at radius 3 is 2.59 bits per heavy atom. The lowest BCUT2D eigenvalue weighted by Gasteiger charge is -2.35. The largest absolute Gasteiger partial charge is 0.451 e. The average Bonchev–Trinajstić information content (AvgIpc) is 3.26. The van der Waals surface area contributed by atoms with E-state index < -0.39 is 21.3 Å². The molecule has 2 heterocycles. The minimum absolute atomic E-state index is 0.0155. The van der Waals surface area contributed by atoms with Gasteiger partial charge in [-0.25, -0.2) is 8.42 Å². The molecule has 0 atom stereocenters. The number of carbonyl (C=O) groups excluding carboxylic acids is 1. The van der Waals surface area contributed by atoms with Crippen LogP contribution < -0.4 is 5.32 Å². The number of furan rings is 1. The maximum atomic E-state index is 13.3. The van der Waals surface area contributed by atoms with Gasteiger partial charge >= 0.3 is 0 Å². The zero-order valence-electron chi connectivity index (χ0n) is 16.4. The molecule has 1 aliphatic rings. The summed E-state index contributed by atoms with van der Waals surface area (Å²) in [7, 11) is -3.37. The van der Waals surface area contributed by atoms with Crippen LogP contribution in [0.4, 0.5) is 0 Å². The molecule has 1 N–H and O–H groups in total. The molecule has 0 aliphatic heterocycles. The molecule has 154 valence electrons. The maximum absolute atomic E-state index is 13.3. The molecule has 0 saturated heterocycles. The van der Waals surface area contributed by atoms with Crippen molar-refractivity contribution in [1.29, 1.82) is 0 Å². The molecule has 9 heteroatoms. The molecule has 0 bridgehead atoms. The molecule has 1 saturated carbocycles. The predicted octanol–water partition coefficient (Wildman–Crippen LogP) is 3.26. The number of aromatic nitrogens is 2. The minimum atomic E-state index is -3.37. The van der Waals surface area contributed by atoms with E-state index in [0.717, 1.165) is 25.5 Å². The third-order valence-electron chi connectivity index (χ3n) is 5.33. The Morgan fingerprint density at radius 1 is 1.21 bits per heavy atom. The normalized spacial score (nSPS) is 16.8. The van der Waals surface area contributed by atoms with Crippen LogP contribution in [0.3, 0.4) is 0 Å². The molecular formula is C20H23N3O5S. The molecule has 1 aromatic carbocycles. The van der Waals surface area contributed by atoms with E-state index in [1.54, 1.807) is 31.2 Å². The van der Waals surface area contributed by atoms with Crippen LogP contribution in [0.5, 0.6) is 0 Å². The third kappa shape index (κ3) is 3.91. The smallest absolute Gasteiger partial charge is 0.288 e. The summed E-state index contributed by atoms with van der Waals surface area (Å²) in [6.45, 7) is 1.71. The molecule has 3 aromatic rings. The number of nitrogens with zero attached hydrogens (tertiary/aromatic N) is 2. The van der Waals surface area contributed by atoms with Gasteiger partial charge in [-0.15, -0.1) is 0 Å². The number of rotatable bonds is 5. The van der Waals surface area contributed by atoms with Crippen LogP contribution in [0.25, 0.3) is 11.0 Å². The van der Waals surface area contributed by atoms with Crippen molar-refractivity contribution in [1.82, 2.24) is 15.5 Å². The zero-order chi connectivity index (χ0) is 20.6. The molecule has 0 radical (unpaired) electrons. The fraction of sp³-hybridized carbons (Fsp3) is 0.450. The maximum Gasteiger partial charge on any atom is 0.288 e. The first-order chi connectivity index (χ1) is 13.8. The van der Waals surface area contributed by atoms with Crippen molar-refractivity contribution in [3.05, 3.63) is 47.3 Å². The Labute approximate surface area is 168 Å². The van der Waals surface area contributed by atoms with Gasteiger partial charge < -0.3 is 14.3 Å². The Balaban J connectivity index is 1.75. The number of sulfone groups is 1. The van der Waals surface area contributed by atoms with Crippen molar-refractivity contribution < 1.29 is 22.2 Å². The number of carbonyl (C=O) groups is 1. The molecule has 0 unspecified atom stereocenters. The summed E-state index contributed by atoms with van der Waals surface area (Å²) < 4.78 is 34.9. The fourth-order valence-corrected chi connectivity index (χ4v) is 4.83. The topological polar surface area (TPSA) is 115 Å². The lowest BCUT2D eigenvalue weighted by Crippen LogP contribution is -2.48. The van der Waals surface area contributed by atoms with Gasteiger partial charge in [0.25, 0.3) is 5.91 Å². The number of hydrogen-bond acceptors (Lipinski definition) is 7. The number of fused-ring (bicyclic) bond motifs is 1. The van der Waals surface area contributed by atoms with Crippen LogP contribution in [-0.4, -0.2) is 30.7 Å². The molecule has 1 aliphatic carbocycles. The SMILES string of the molecule is Cc1nc(C2(NC(=O)c3oc4ccccc4c3CS(C)(=O)=O)CCCCC2)no1. The van der Waals surface area contributed by atoms with Gasteiger partial charge in [0.1, 0.15) is 11.1 Å². The van der Waals surface area contributed by atoms with Crippen molar-refractivity contribution in [3.8, 4) is 0 Å². The number of benzene rings is 1. The van der Waals surface area contributed by atoms with Crippen LogP contribution in [-0.2, 0) is 21.1 Å². The van der Waals surface area contributed by atoms with Gasteiger partial charge in [-0.1, -0.05) is 42.6 Å². The van der Waals surface area contributed by atoms with Crippen molar-refractivity contribution >= 4 is 26.7 Å². The Morgan fingerprint density at radius 2 is 1.93 bits per heavy atom. The highest BCUT2D eigenvalue weighted by Crippen LogP contribution is 2.37. The Bertz CT molecular complexity index is 1160. The van der Waals surface area contributed by atoms with Crippen LogP contribution in [0.2, 0.25) is 0 Å². The van der Waals surface area contributed by atoms with E-state index in [4.69, 9.17) is 8.94 Å². The van der Waals surface area contributed by atoms with Gasteiger partial charge in [-0.2, -0.15) is 4.98 Å². The number of amides is 1. The van der Waals surface area contributed by atoms with Gasteiger partial charge in [0.2, 0.25) is 5.89 Å². The van der Waals surface area contributed by atoms with Crippen molar-refractivity contribution in [3.63, 3.8) is 0 Å². The second kappa shape index (κ2) is 7.29. The molecule has 4 rings (SSSR count). The lowest BCUT2D eigenvalue weighted by atomic mass is 9.81. The van der Waals surface area contributed by atoms with Gasteiger partial charge in [0.05, 0.1) is 5.75 Å². The van der Waals surface area contributed by atoms with E-state index in [9.17, 15) is 13.2 Å². The summed E-state index contributed by atoms with van der Waals surface area (Å²) in [5, 5.41) is 7.73. The predicted molar refractivity (Wildman–Crippen MR) is 106 cm³/mol. The van der Waals surface area contributed by atoms with E-state index in [1.807, 2.05) is 0 Å². The monoisotopic (exact) mass is 417 g/mol. The lowest BCUT2D eigenvalue weighted by molar-refractivity contribution is 0.0828. The Kier molecular flexibility index (Phi) is 4.94. The van der Waals surface area contributed by atoms with Crippen molar-refractivity contribution in [2.75, 3.05) is 6.26 Å². The first kappa shape index (κ1) is 19.6. The van der Waals surface area contributed by atoms with Gasteiger partial charge in [0.15, 0.2) is 21.4 Å². The first-order valence-corrected chi connectivity index (χ1v) is 11.6. The van der Waals surface area contributed by atoms with Gasteiger partial charge in [-0.3, -0.25) is 4.79 Å². The standard InChI is InChI=1S/C20H23N3O5S/c1-13-21-19(23-28-13)20(10-6-3-7-11-20)22-18(24)17-15(12-29(2,25)26)14-8-4-5-9-16(14)27-17/h4-5,8-9H,3,6-7,10-12H2,1-2H3,(H,22,24). The summed E-state index contributed by atoms with van der Waals surface area (Å²) in [6, 6.07) is 7.05. The molecule has 8 nitrogen and oxygen atoms in total. The average molecular weight is 417 g/mol. The number of para-hydroxylation sites is 1. The first-order valence-electron chi connectivity index (χ1n) is 9.59.